The summed E-state index contributed by atoms with van der Waals surface area (Å²) in [6, 6.07) is 3.88. The molecule has 2 heterocycles. The monoisotopic (exact) mass is 174 g/mol. The standard InChI is InChI=1S/C9H11BN2O/c10-7-3-4-8(11-6-7)12-5-1-2-9(12)13/h3-4,6H,1-2,5,10H2. The molecule has 0 saturated carbocycles. The van der Waals surface area contributed by atoms with Crippen molar-refractivity contribution in [2.75, 3.05) is 11.4 Å². The van der Waals surface area contributed by atoms with E-state index in [-0.39, 0.29) is 5.91 Å². The van der Waals surface area contributed by atoms with Gasteiger partial charge in [-0.1, -0.05) is 11.5 Å². The summed E-state index contributed by atoms with van der Waals surface area (Å²) >= 11 is 0. The maximum Gasteiger partial charge on any atom is 0.228 e. The Balaban J connectivity index is 2.25. The Morgan fingerprint density at radius 2 is 2.31 bits per heavy atom. The van der Waals surface area contributed by atoms with E-state index in [1.165, 1.54) is 0 Å². The number of anilines is 1. The molecule has 1 fully saturated rings. The fourth-order valence-corrected chi connectivity index (χ4v) is 1.51. The highest BCUT2D eigenvalue weighted by molar-refractivity contribution is 6.32. The van der Waals surface area contributed by atoms with Gasteiger partial charge in [-0.15, -0.1) is 0 Å². The molecule has 1 aromatic heterocycles. The van der Waals surface area contributed by atoms with E-state index in [0.717, 1.165) is 24.2 Å². The Kier molecular flexibility index (Phi) is 2.04. The van der Waals surface area contributed by atoms with Gasteiger partial charge >= 0.3 is 0 Å². The number of amides is 1. The zero-order valence-corrected chi connectivity index (χ0v) is 7.66. The molecule has 1 amide bonds. The smallest absolute Gasteiger partial charge is 0.228 e. The van der Waals surface area contributed by atoms with Crippen molar-refractivity contribution in [3.05, 3.63) is 18.3 Å². The molecule has 1 aromatic rings. The first-order chi connectivity index (χ1) is 6.27. The normalized spacial score (nSPS) is 16.6. The lowest BCUT2D eigenvalue weighted by Crippen LogP contribution is -2.25. The van der Waals surface area contributed by atoms with Crippen molar-refractivity contribution in [1.82, 2.24) is 4.98 Å². The quantitative estimate of drug-likeness (QED) is 0.536. The van der Waals surface area contributed by atoms with Gasteiger partial charge in [0, 0.05) is 19.2 Å². The maximum atomic E-state index is 11.3. The Hall–Kier alpha value is -1.32. The number of pyridine rings is 1. The molecule has 0 aliphatic carbocycles. The van der Waals surface area contributed by atoms with Crippen molar-refractivity contribution < 1.29 is 4.79 Å². The highest BCUT2D eigenvalue weighted by atomic mass is 16.2. The van der Waals surface area contributed by atoms with Crippen LogP contribution in [0.1, 0.15) is 12.8 Å². The zero-order valence-electron chi connectivity index (χ0n) is 7.66. The fourth-order valence-electron chi connectivity index (χ4n) is 1.51. The van der Waals surface area contributed by atoms with Crippen LogP contribution in [0.25, 0.3) is 0 Å². The minimum atomic E-state index is 0.191. The third-order valence-electron chi connectivity index (χ3n) is 2.25. The summed E-state index contributed by atoms with van der Waals surface area (Å²) in [6.45, 7) is 0.814. The van der Waals surface area contributed by atoms with Gasteiger partial charge in [-0.25, -0.2) is 4.98 Å². The molecule has 0 spiro atoms. The minimum Gasteiger partial charge on any atom is -0.297 e. The predicted molar refractivity (Wildman–Crippen MR) is 54.0 cm³/mol. The maximum absolute atomic E-state index is 11.3. The minimum absolute atomic E-state index is 0.191. The molecule has 0 bridgehead atoms. The highest BCUT2D eigenvalue weighted by Gasteiger charge is 2.22. The summed E-state index contributed by atoms with van der Waals surface area (Å²) in [5, 5.41) is 0. The van der Waals surface area contributed by atoms with Crippen molar-refractivity contribution in [3.8, 4) is 0 Å². The van der Waals surface area contributed by atoms with Gasteiger partial charge in [-0.05, 0) is 12.5 Å². The van der Waals surface area contributed by atoms with E-state index < -0.39 is 0 Å². The number of carbonyl (C=O) groups is 1. The number of nitrogens with zero attached hydrogens (tertiary/aromatic N) is 2. The first kappa shape index (κ1) is 8.29. The second-order valence-corrected chi connectivity index (χ2v) is 3.34. The molecule has 1 aliphatic rings. The van der Waals surface area contributed by atoms with Crippen LogP contribution in [0.4, 0.5) is 5.82 Å². The summed E-state index contributed by atoms with van der Waals surface area (Å²) in [7, 11) is 1.99. The van der Waals surface area contributed by atoms with Gasteiger partial charge in [0.15, 0.2) is 0 Å². The van der Waals surface area contributed by atoms with Crippen molar-refractivity contribution in [2.24, 2.45) is 0 Å². The SMILES string of the molecule is Bc1ccc(N2CCCC2=O)nc1. The number of carbonyl (C=O) groups excluding carboxylic acids is 1. The average Bonchev–Trinajstić information content (AvgIpc) is 2.53. The topological polar surface area (TPSA) is 33.2 Å². The molecule has 2 rings (SSSR count). The van der Waals surface area contributed by atoms with E-state index in [2.05, 4.69) is 4.98 Å². The summed E-state index contributed by atoms with van der Waals surface area (Å²) in [5.74, 6) is 0.976. The summed E-state index contributed by atoms with van der Waals surface area (Å²) < 4.78 is 0. The Bertz CT molecular complexity index is 323. The van der Waals surface area contributed by atoms with Crippen molar-refractivity contribution in [3.63, 3.8) is 0 Å². The van der Waals surface area contributed by atoms with Crippen LogP contribution in [0.5, 0.6) is 0 Å². The second-order valence-electron chi connectivity index (χ2n) is 3.34. The van der Waals surface area contributed by atoms with Gasteiger partial charge in [0.1, 0.15) is 13.7 Å². The molecule has 0 aromatic carbocycles. The molecular formula is C9H11BN2O. The Morgan fingerprint density at radius 3 is 2.85 bits per heavy atom. The molecule has 1 aliphatic heterocycles. The predicted octanol–water partition coefficient (Wildman–Crippen LogP) is -0.533. The van der Waals surface area contributed by atoms with E-state index in [0.29, 0.717) is 6.42 Å². The van der Waals surface area contributed by atoms with Gasteiger partial charge < -0.3 is 0 Å². The lowest BCUT2D eigenvalue weighted by atomic mass is 9.99. The van der Waals surface area contributed by atoms with Gasteiger partial charge in [0.2, 0.25) is 5.91 Å². The van der Waals surface area contributed by atoms with Crippen LogP contribution in [0.3, 0.4) is 0 Å². The van der Waals surface area contributed by atoms with Crippen LogP contribution in [0.15, 0.2) is 18.3 Å². The third kappa shape index (κ3) is 1.57. The van der Waals surface area contributed by atoms with Gasteiger partial charge in [0.25, 0.3) is 0 Å². The van der Waals surface area contributed by atoms with E-state index >= 15 is 0 Å². The van der Waals surface area contributed by atoms with E-state index in [4.69, 9.17) is 0 Å². The Morgan fingerprint density at radius 1 is 1.46 bits per heavy atom. The van der Waals surface area contributed by atoms with E-state index in [9.17, 15) is 4.79 Å². The van der Waals surface area contributed by atoms with Crippen molar-refractivity contribution in [1.29, 1.82) is 0 Å². The fraction of sp³-hybridized carbons (Fsp3) is 0.333. The van der Waals surface area contributed by atoms with Crippen molar-refractivity contribution >= 4 is 25.0 Å². The van der Waals surface area contributed by atoms with Crippen LogP contribution < -0.4 is 10.4 Å². The molecule has 0 unspecified atom stereocenters. The molecule has 1 saturated heterocycles. The first-order valence-corrected chi connectivity index (χ1v) is 4.50. The van der Waals surface area contributed by atoms with E-state index in [1.807, 2.05) is 20.0 Å². The van der Waals surface area contributed by atoms with Crippen molar-refractivity contribution in [2.45, 2.75) is 12.8 Å². The second kappa shape index (κ2) is 3.20. The third-order valence-corrected chi connectivity index (χ3v) is 2.25. The zero-order chi connectivity index (χ0) is 9.26. The first-order valence-electron chi connectivity index (χ1n) is 4.50. The van der Waals surface area contributed by atoms with Crippen LogP contribution >= 0.6 is 0 Å². The van der Waals surface area contributed by atoms with Crippen LogP contribution in [0.2, 0.25) is 0 Å². The van der Waals surface area contributed by atoms with Crippen LogP contribution in [0, 0.1) is 0 Å². The molecule has 0 radical (unpaired) electrons. The summed E-state index contributed by atoms with van der Waals surface area (Å²) in [6.07, 6.45) is 3.41. The summed E-state index contributed by atoms with van der Waals surface area (Å²) in [5.41, 5.74) is 1.12. The molecule has 3 nitrogen and oxygen atoms in total. The van der Waals surface area contributed by atoms with Crippen LogP contribution in [-0.4, -0.2) is 25.3 Å². The molecule has 13 heavy (non-hydrogen) atoms. The average molecular weight is 174 g/mol. The molecular weight excluding hydrogens is 163 g/mol. The number of hydrogen-bond donors (Lipinski definition) is 0. The highest BCUT2D eigenvalue weighted by Crippen LogP contribution is 2.17. The molecule has 0 N–H and O–H groups in total. The lowest BCUT2D eigenvalue weighted by molar-refractivity contribution is -0.117. The van der Waals surface area contributed by atoms with E-state index in [1.54, 1.807) is 11.1 Å². The number of aromatic nitrogens is 1. The van der Waals surface area contributed by atoms with Gasteiger partial charge in [0.05, 0.1) is 0 Å². The molecule has 0 atom stereocenters. The molecule has 66 valence electrons. The van der Waals surface area contributed by atoms with Gasteiger partial charge in [-0.2, -0.15) is 0 Å². The lowest BCUT2D eigenvalue weighted by Gasteiger charge is -2.13. The summed E-state index contributed by atoms with van der Waals surface area (Å²) in [4.78, 5) is 17.3. The van der Waals surface area contributed by atoms with Crippen LogP contribution in [-0.2, 0) is 4.79 Å². The largest absolute Gasteiger partial charge is 0.297 e. The molecule has 4 heteroatoms. The van der Waals surface area contributed by atoms with Gasteiger partial charge in [-0.3, -0.25) is 9.69 Å². The number of rotatable bonds is 1. The Labute approximate surface area is 78.2 Å². The number of hydrogen-bond acceptors (Lipinski definition) is 2.